The number of amides is 4. The number of ether oxygens (including phenoxy) is 1. The van der Waals surface area contributed by atoms with Crippen LogP contribution in [0.3, 0.4) is 0 Å². The highest BCUT2D eigenvalue weighted by molar-refractivity contribution is 5.95. The number of alkyl carbamates (subject to hydrolysis) is 1. The van der Waals surface area contributed by atoms with Crippen LogP contribution in [0.25, 0.3) is 0 Å². The van der Waals surface area contributed by atoms with Crippen LogP contribution in [0.15, 0.2) is 73.2 Å². The Morgan fingerprint density at radius 2 is 1.30 bits per heavy atom. The summed E-state index contributed by atoms with van der Waals surface area (Å²) in [5.41, 5.74) is 2.07. The standard InChI is InChI=1S/C34H44N6O7/c1-21(2)15-26(32(43)40-29(22(3)4)33(44)45)37-31(42)28(17-25-18-35-20-36-25)38-30(41)27(16-23-11-7-5-8-12-23)39-34(46)47-19-24-13-9-6-10-14-24/h5-14,18,20-22,26-29H,15-17,19H2,1-4H3,(H,35,36)(H,37,42)(H,38,41)(H,39,46)(H,40,43)(H,44,45)/t26-,27-,28-,29-/m0/s1. The number of imidazole rings is 1. The SMILES string of the molecule is CC(C)C[C@H](NC(=O)[C@H](Cc1cnc[nH]1)NC(=O)[C@H](Cc1ccccc1)NC(=O)OCc1ccccc1)C(=O)N[C@H](C(=O)O)C(C)C. The van der Waals surface area contributed by atoms with Gasteiger partial charge in [-0.25, -0.2) is 14.6 Å². The van der Waals surface area contributed by atoms with Crippen LogP contribution >= 0.6 is 0 Å². The summed E-state index contributed by atoms with van der Waals surface area (Å²) in [6, 6.07) is 13.6. The summed E-state index contributed by atoms with van der Waals surface area (Å²) in [5.74, 6) is -3.59. The second-order valence-electron chi connectivity index (χ2n) is 12.0. The number of carboxylic acid groups (broad SMARTS) is 1. The van der Waals surface area contributed by atoms with Crippen molar-refractivity contribution in [2.75, 3.05) is 0 Å². The fourth-order valence-corrected chi connectivity index (χ4v) is 4.81. The molecule has 3 aromatic rings. The van der Waals surface area contributed by atoms with Crippen LogP contribution in [0.2, 0.25) is 0 Å². The van der Waals surface area contributed by atoms with Crippen molar-refractivity contribution in [2.45, 2.75) is 77.7 Å². The van der Waals surface area contributed by atoms with Crippen molar-refractivity contribution in [2.24, 2.45) is 11.8 Å². The number of aromatic amines is 1. The first kappa shape index (κ1) is 36.3. The molecule has 0 aliphatic carbocycles. The van der Waals surface area contributed by atoms with Gasteiger partial charge in [-0.3, -0.25) is 14.4 Å². The van der Waals surface area contributed by atoms with Gasteiger partial charge in [-0.2, -0.15) is 0 Å². The molecule has 6 N–H and O–H groups in total. The van der Waals surface area contributed by atoms with E-state index in [9.17, 15) is 29.1 Å². The third kappa shape index (κ3) is 12.3. The summed E-state index contributed by atoms with van der Waals surface area (Å²) in [4.78, 5) is 72.2. The number of nitrogens with zero attached hydrogens (tertiary/aromatic N) is 1. The molecular formula is C34H44N6O7. The first-order chi connectivity index (χ1) is 22.4. The zero-order valence-electron chi connectivity index (χ0n) is 27.1. The number of aliphatic carboxylic acids is 1. The monoisotopic (exact) mass is 648 g/mol. The quantitative estimate of drug-likeness (QED) is 0.129. The van der Waals surface area contributed by atoms with Gasteiger partial charge in [0.2, 0.25) is 17.7 Å². The first-order valence-electron chi connectivity index (χ1n) is 15.5. The summed E-state index contributed by atoms with van der Waals surface area (Å²) in [6.45, 7) is 7.06. The number of nitrogens with one attached hydrogen (secondary N) is 5. The lowest BCUT2D eigenvalue weighted by Gasteiger charge is -2.27. The summed E-state index contributed by atoms with van der Waals surface area (Å²) in [6.07, 6.45) is 2.45. The van der Waals surface area contributed by atoms with Gasteiger partial charge in [0.15, 0.2) is 0 Å². The molecule has 0 bridgehead atoms. The highest BCUT2D eigenvalue weighted by atomic mass is 16.5. The fraction of sp³-hybridized carbons (Fsp3) is 0.412. The minimum atomic E-state index is -1.19. The molecule has 13 nitrogen and oxygen atoms in total. The topological polar surface area (TPSA) is 192 Å². The summed E-state index contributed by atoms with van der Waals surface area (Å²) >= 11 is 0. The van der Waals surface area contributed by atoms with E-state index in [1.54, 1.807) is 38.1 Å². The number of carboxylic acids is 1. The molecule has 0 fully saturated rings. The Bertz CT molecular complexity index is 1450. The largest absolute Gasteiger partial charge is 0.480 e. The van der Waals surface area contributed by atoms with Crippen molar-refractivity contribution in [3.63, 3.8) is 0 Å². The van der Waals surface area contributed by atoms with E-state index in [-0.39, 0.29) is 31.8 Å². The molecule has 1 aromatic heterocycles. The minimum Gasteiger partial charge on any atom is -0.480 e. The molecule has 4 atom stereocenters. The first-order valence-corrected chi connectivity index (χ1v) is 15.5. The zero-order valence-corrected chi connectivity index (χ0v) is 27.1. The molecular weight excluding hydrogens is 604 g/mol. The molecule has 0 aliphatic heterocycles. The molecule has 2 aromatic carbocycles. The summed E-state index contributed by atoms with van der Waals surface area (Å²) in [5, 5.41) is 20.2. The average Bonchev–Trinajstić information content (AvgIpc) is 3.55. The molecule has 4 amide bonds. The van der Waals surface area contributed by atoms with Crippen molar-refractivity contribution < 1.29 is 33.8 Å². The lowest BCUT2D eigenvalue weighted by Crippen LogP contribution is -2.59. The Hall–Kier alpha value is -5.20. The van der Waals surface area contributed by atoms with Gasteiger partial charge in [0.05, 0.1) is 6.33 Å². The number of rotatable bonds is 17. The van der Waals surface area contributed by atoms with E-state index in [1.807, 2.05) is 50.2 Å². The normalized spacial score (nSPS) is 13.6. The second kappa shape index (κ2) is 18.1. The van der Waals surface area contributed by atoms with Crippen molar-refractivity contribution in [3.05, 3.63) is 90.0 Å². The Kier molecular flexibility index (Phi) is 13.9. The van der Waals surface area contributed by atoms with Crippen LogP contribution in [0.4, 0.5) is 4.79 Å². The van der Waals surface area contributed by atoms with E-state index in [0.717, 1.165) is 11.1 Å². The predicted molar refractivity (Wildman–Crippen MR) is 174 cm³/mol. The van der Waals surface area contributed by atoms with Crippen LogP contribution in [0.1, 0.15) is 50.9 Å². The number of hydrogen-bond acceptors (Lipinski definition) is 7. The van der Waals surface area contributed by atoms with Crippen LogP contribution in [-0.2, 0) is 43.4 Å². The van der Waals surface area contributed by atoms with Crippen LogP contribution in [0, 0.1) is 11.8 Å². The number of carbonyl (C=O) groups is 5. The lowest BCUT2D eigenvalue weighted by atomic mass is 9.99. The maximum atomic E-state index is 13.8. The molecule has 1 heterocycles. The van der Waals surface area contributed by atoms with Gasteiger partial charge in [-0.1, -0.05) is 88.4 Å². The van der Waals surface area contributed by atoms with Crippen LogP contribution in [-0.4, -0.2) is 69.0 Å². The van der Waals surface area contributed by atoms with Crippen LogP contribution in [0.5, 0.6) is 0 Å². The molecule has 252 valence electrons. The third-order valence-corrected chi connectivity index (χ3v) is 7.29. The van der Waals surface area contributed by atoms with Crippen molar-refractivity contribution in [1.29, 1.82) is 0 Å². The van der Waals surface area contributed by atoms with Gasteiger partial charge < -0.3 is 36.1 Å². The van der Waals surface area contributed by atoms with Crippen molar-refractivity contribution in [3.8, 4) is 0 Å². The van der Waals surface area contributed by atoms with Crippen molar-refractivity contribution >= 4 is 29.8 Å². The smallest absolute Gasteiger partial charge is 0.408 e. The van der Waals surface area contributed by atoms with Crippen LogP contribution < -0.4 is 21.3 Å². The molecule has 13 heteroatoms. The molecule has 0 spiro atoms. The molecule has 0 saturated heterocycles. The average molecular weight is 649 g/mol. The van der Waals surface area contributed by atoms with Gasteiger partial charge in [0.1, 0.15) is 30.8 Å². The van der Waals surface area contributed by atoms with E-state index >= 15 is 0 Å². The number of hydrogen-bond donors (Lipinski definition) is 6. The van der Waals surface area contributed by atoms with E-state index in [4.69, 9.17) is 4.74 Å². The number of carbonyl (C=O) groups excluding carboxylic acids is 4. The molecule has 0 unspecified atom stereocenters. The third-order valence-electron chi connectivity index (χ3n) is 7.29. The van der Waals surface area contributed by atoms with Gasteiger partial charge >= 0.3 is 12.1 Å². The van der Waals surface area contributed by atoms with Gasteiger partial charge in [-0.15, -0.1) is 0 Å². The Labute approximate surface area is 274 Å². The Morgan fingerprint density at radius 1 is 0.745 bits per heavy atom. The highest BCUT2D eigenvalue weighted by Crippen LogP contribution is 2.11. The predicted octanol–water partition coefficient (Wildman–Crippen LogP) is 2.73. The maximum absolute atomic E-state index is 13.8. The molecule has 0 saturated carbocycles. The molecule has 3 rings (SSSR count). The van der Waals surface area contributed by atoms with E-state index in [0.29, 0.717) is 5.69 Å². The Morgan fingerprint density at radius 3 is 1.83 bits per heavy atom. The number of aromatic nitrogens is 2. The molecule has 0 aliphatic rings. The lowest BCUT2D eigenvalue weighted by molar-refractivity contribution is -0.143. The minimum absolute atomic E-state index is 0.00392. The summed E-state index contributed by atoms with van der Waals surface area (Å²) in [7, 11) is 0. The number of benzene rings is 2. The van der Waals surface area contributed by atoms with Gasteiger partial charge in [-0.05, 0) is 29.4 Å². The van der Waals surface area contributed by atoms with E-state index in [1.165, 1.54) is 12.5 Å². The Balaban J connectivity index is 1.81. The second-order valence-corrected chi connectivity index (χ2v) is 12.0. The van der Waals surface area contributed by atoms with E-state index in [2.05, 4.69) is 31.2 Å². The molecule has 0 radical (unpaired) electrons. The summed E-state index contributed by atoms with van der Waals surface area (Å²) < 4.78 is 5.36. The molecule has 47 heavy (non-hydrogen) atoms. The zero-order chi connectivity index (χ0) is 34.3. The fourth-order valence-electron chi connectivity index (χ4n) is 4.81. The van der Waals surface area contributed by atoms with Gasteiger partial charge in [0, 0.05) is 24.7 Å². The number of H-pyrrole nitrogens is 1. The van der Waals surface area contributed by atoms with Crippen molar-refractivity contribution in [1.82, 2.24) is 31.2 Å². The maximum Gasteiger partial charge on any atom is 0.408 e. The van der Waals surface area contributed by atoms with E-state index < -0.39 is 59.9 Å². The van der Waals surface area contributed by atoms with Gasteiger partial charge in [0.25, 0.3) is 0 Å². The highest BCUT2D eigenvalue weighted by Gasteiger charge is 2.33.